The number of aromatic nitrogens is 2. The number of fused-ring (bicyclic) bond motifs is 2. The molecule has 4 rings (SSSR count). The molecule has 39 heavy (non-hydrogen) atoms. The van der Waals surface area contributed by atoms with E-state index < -0.39 is 11.6 Å². The molecule has 0 radical (unpaired) electrons. The van der Waals surface area contributed by atoms with E-state index in [2.05, 4.69) is 41.7 Å². The van der Waals surface area contributed by atoms with Crippen LogP contribution in [-0.2, 0) is 0 Å². The van der Waals surface area contributed by atoms with Gasteiger partial charge in [-0.2, -0.15) is 15.2 Å². The normalized spacial score (nSPS) is 13.2. The molecule has 0 saturated carbocycles. The van der Waals surface area contributed by atoms with Crippen LogP contribution < -0.4 is 9.64 Å². The SMILES string of the molecule is CCC(C)CCC(CC)N(C)c1nc(OC)nc2c(F)c(-c3ccc(F)c4sc(C(C)C)c(C#N)c34)ccc12. The average Bonchev–Trinajstić information content (AvgIpc) is 3.34. The number of halogens is 2. The summed E-state index contributed by atoms with van der Waals surface area (Å²) in [5.74, 6) is 0.303. The molecule has 2 atom stereocenters. The quantitative estimate of drug-likeness (QED) is 0.197. The van der Waals surface area contributed by atoms with Crippen molar-refractivity contribution in [2.75, 3.05) is 19.1 Å². The number of nitrogens with zero attached hydrogens (tertiary/aromatic N) is 4. The molecule has 0 fully saturated rings. The highest BCUT2D eigenvalue weighted by Gasteiger charge is 2.25. The minimum atomic E-state index is -0.551. The van der Waals surface area contributed by atoms with Crippen molar-refractivity contribution in [1.29, 1.82) is 5.26 Å². The summed E-state index contributed by atoms with van der Waals surface area (Å²) in [5.41, 5.74) is 1.26. The predicted molar refractivity (Wildman–Crippen MR) is 157 cm³/mol. The summed E-state index contributed by atoms with van der Waals surface area (Å²) in [6, 6.07) is 8.94. The van der Waals surface area contributed by atoms with E-state index in [0.717, 1.165) is 30.6 Å². The molecule has 2 heterocycles. The number of ether oxygens (including phenoxy) is 1. The maximum Gasteiger partial charge on any atom is 0.318 e. The molecule has 0 amide bonds. The zero-order valence-electron chi connectivity index (χ0n) is 23.7. The van der Waals surface area contributed by atoms with Gasteiger partial charge >= 0.3 is 6.01 Å². The topological polar surface area (TPSA) is 62.0 Å². The van der Waals surface area contributed by atoms with Crippen LogP contribution in [0.4, 0.5) is 14.6 Å². The van der Waals surface area contributed by atoms with Crippen LogP contribution in [0.5, 0.6) is 6.01 Å². The molecule has 8 heteroatoms. The molecule has 0 aliphatic rings. The van der Waals surface area contributed by atoms with Gasteiger partial charge in [0.25, 0.3) is 0 Å². The van der Waals surface area contributed by atoms with Crippen LogP contribution in [0.15, 0.2) is 24.3 Å². The third kappa shape index (κ3) is 5.29. The van der Waals surface area contributed by atoms with Crippen molar-refractivity contribution in [2.24, 2.45) is 5.92 Å². The van der Waals surface area contributed by atoms with Gasteiger partial charge in [-0.25, -0.2) is 8.78 Å². The molecule has 5 nitrogen and oxygen atoms in total. The maximum absolute atomic E-state index is 16.4. The second-order valence-corrected chi connectivity index (χ2v) is 11.6. The van der Waals surface area contributed by atoms with Crippen molar-refractivity contribution >= 4 is 38.1 Å². The van der Waals surface area contributed by atoms with Crippen molar-refractivity contribution < 1.29 is 13.5 Å². The molecule has 2 unspecified atom stereocenters. The number of benzene rings is 2. The highest BCUT2D eigenvalue weighted by molar-refractivity contribution is 7.19. The average molecular weight is 551 g/mol. The summed E-state index contributed by atoms with van der Waals surface area (Å²) in [4.78, 5) is 11.9. The van der Waals surface area contributed by atoms with E-state index in [0.29, 0.717) is 38.3 Å². The Morgan fingerprint density at radius 3 is 2.36 bits per heavy atom. The van der Waals surface area contributed by atoms with E-state index in [-0.39, 0.29) is 29.1 Å². The summed E-state index contributed by atoms with van der Waals surface area (Å²) >= 11 is 1.26. The molecular weight excluding hydrogens is 514 g/mol. The number of thiophene rings is 1. The van der Waals surface area contributed by atoms with E-state index in [1.807, 2.05) is 27.0 Å². The lowest BCUT2D eigenvalue weighted by atomic mass is 9.95. The van der Waals surface area contributed by atoms with Crippen LogP contribution in [-0.4, -0.2) is 30.2 Å². The smallest absolute Gasteiger partial charge is 0.318 e. The summed E-state index contributed by atoms with van der Waals surface area (Å²) in [7, 11) is 3.45. The van der Waals surface area contributed by atoms with E-state index in [1.54, 1.807) is 12.1 Å². The molecule has 2 aromatic carbocycles. The molecule has 4 aromatic rings. The summed E-state index contributed by atoms with van der Waals surface area (Å²) in [5, 5.41) is 11.0. The van der Waals surface area contributed by atoms with Crippen LogP contribution in [0.25, 0.3) is 32.1 Å². The van der Waals surface area contributed by atoms with Crippen molar-refractivity contribution in [3.05, 3.63) is 46.3 Å². The Morgan fingerprint density at radius 2 is 1.74 bits per heavy atom. The Labute approximate surface area is 233 Å². The monoisotopic (exact) mass is 550 g/mol. The molecule has 0 spiro atoms. The van der Waals surface area contributed by atoms with E-state index >= 15 is 4.39 Å². The summed E-state index contributed by atoms with van der Waals surface area (Å²) < 4.78 is 37.0. The predicted octanol–water partition coefficient (Wildman–Crippen LogP) is 8.83. The third-order valence-corrected chi connectivity index (χ3v) is 9.23. The van der Waals surface area contributed by atoms with Gasteiger partial charge in [-0.1, -0.05) is 53.2 Å². The lowest BCUT2D eigenvalue weighted by Crippen LogP contribution is -2.32. The third-order valence-electron chi connectivity index (χ3n) is 7.74. The molecule has 0 bridgehead atoms. The van der Waals surface area contributed by atoms with E-state index in [9.17, 15) is 9.65 Å². The van der Waals surface area contributed by atoms with Gasteiger partial charge in [-0.3, -0.25) is 0 Å². The van der Waals surface area contributed by atoms with Crippen molar-refractivity contribution in [3.8, 4) is 23.2 Å². The number of methoxy groups -OCH3 is 1. The van der Waals surface area contributed by atoms with Crippen LogP contribution in [0.1, 0.15) is 76.7 Å². The molecular formula is C31H36F2N4OS. The first-order valence-electron chi connectivity index (χ1n) is 13.6. The first-order valence-corrected chi connectivity index (χ1v) is 14.4. The maximum atomic E-state index is 16.4. The Hall–Kier alpha value is -3.31. The fourth-order valence-electron chi connectivity index (χ4n) is 5.15. The molecule has 2 aromatic heterocycles. The minimum absolute atomic E-state index is 0.0349. The highest BCUT2D eigenvalue weighted by Crippen LogP contribution is 2.44. The lowest BCUT2D eigenvalue weighted by molar-refractivity contribution is 0.380. The minimum Gasteiger partial charge on any atom is -0.467 e. The summed E-state index contributed by atoms with van der Waals surface area (Å²) in [6.45, 7) is 10.5. The van der Waals surface area contributed by atoms with E-state index in [4.69, 9.17) is 4.74 Å². The molecule has 0 N–H and O–H groups in total. The number of rotatable bonds is 10. The number of hydrogen-bond donors (Lipinski definition) is 0. The van der Waals surface area contributed by atoms with Gasteiger partial charge in [0, 0.05) is 34.3 Å². The Morgan fingerprint density at radius 1 is 1.03 bits per heavy atom. The van der Waals surface area contributed by atoms with Crippen molar-refractivity contribution in [1.82, 2.24) is 9.97 Å². The van der Waals surface area contributed by atoms with Gasteiger partial charge < -0.3 is 9.64 Å². The zero-order chi connectivity index (χ0) is 28.4. The van der Waals surface area contributed by atoms with Gasteiger partial charge in [-0.15, -0.1) is 11.3 Å². The molecule has 0 aliphatic heterocycles. The van der Waals surface area contributed by atoms with Gasteiger partial charge in [0.1, 0.15) is 23.2 Å². The van der Waals surface area contributed by atoms with Gasteiger partial charge in [0.2, 0.25) is 0 Å². The van der Waals surface area contributed by atoms with Crippen LogP contribution in [0, 0.1) is 28.9 Å². The Bertz CT molecular complexity index is 1540. The second kappa shape index (κ2) is 11.8. The largest absolute Gasteiger partial charge is 0.467 e. The van der Waals surface area contributed by atoms with Crippen molar-refractivity contribution in [3.63, 3.8) is 0 Å². The highest BCUT2D eigenvalue weighted by atomic mass is 32.1. The summed E-state index contributed by atoms with van der Waals surface area (Å²) in [6.07, 6.45) is 4.14. The number of anilines is 1. The van der Waals surface area contributed by atoms with Crippen LogP contribution >= 0.6 is 11.3 Å². The fraction of sp³-hybridized carbons (Fsp3) is 0.452. The van der Waals surface area contributed by atoms with Crippen LogP contribution in [0.2, 0.25) is 0 Å². The standard InChI is InChI=1S/C31H36F2N4OS/c1-8-18(5)10-11-19(9-2)37(6)30-22-13-12-21(26(33)27(22)35-31(36-30)38-7)20-14-15-24(32)29-25(20)23(16-34)28(39-29)17(3)4/h12-15,17-19H,8-11H2,1-7H3. The van der Waals surface area contributed by atoms with Crippen molar-refractivity contribution in [2.45, 2.75) is 72.3 Å². The van der Waals surface area contributed by atoms with Gasteiger partial charge in [0.05, 0.1) is 17.4 Å². The fourth-order valence-corrected chi connectivity index (χ4v) is 6.34. The van der Waals surface area contributed by atoms with Crippen LogP contribution in [0.3, 0.4) is 0 Å². The number of hydrogen-bond acceptors (Lipinski definition) is 6. The first kappa shape index (κ1) is 28.7. The Balaban J connectivity index is 1.92. The molecule has 0 aliphatic carbocycles. The van der Waals surface area contributed by atoms with Gasteiger partial charge in [-0.05, 0) is 48.8 Å². The molecule has 0 saturated heterocycles. The first-order chi connectivity index (χ1) is 18.7. The second-order valence-electron chi connectivity index (χ2n) is 10.5. The molecule has 206 valence electrons. The van der Waals surface area contributed by atoms with Gasteiger partial charge in [0.15, 0.2) is 5.82 Å². The Kier molecular flexibility index (Phi) is 8.70. The number of nitriles is 1. The lowest BCUT2D eigenvalue weighted by Gasteiger charge is -2.30. The van der Waals surface area contributed by atoms with E-state index in [1.165, 1.54) is 24.5 Å². The zero-order valence-corrected chi connectivity index (χ0v) is 24.5.